The largest absolute Gasteiger partial charge is 0.325 e. The second-order valence-electron chi connectivity index (χ2n) is 4.25. The number of rotatable bonds is 2. The summed E-state index contributed by atoms with van der Waals surface area (Å²) >= 11 is 1.14. The summed E-state index contributed by atoms with van der Waals surface area (Å²) in [4.78, 5) is 25.1. The van der Waals surface area contributed by atoms with Crippen LogP contribution < -0.4 is 5.32 Å². The zero-order chi connectivity index (χ0) is 13.2. The zero-order valence-corrected chi connectivity index (χ0v) is 10.8. The third-order valence-corrected chi connectivity index (χ3v) is 4.01. The van der Waals surface area contributed by atoms with E-state index in [9.17, 15) is 9.59 Å². The Kier molecular flexibility index (Phi) is 3.09. The van der Waals surface area contributed by atoms with E-state index in [0.717, 1.165) is 22.2 Å². The molecule has 3 nitrogen and oxygen atoms in total. The number of carbonyl (C=O) groups excluding carboxylic acids is 2. The van der Waals surface area contributed by atoms with Crippen molar-refractivity contribution in [2.45, 2.75) is 10.8 Å². The molecule has 3 rings (SSSR count). The van der Waals surface area contributed by atoms with Crippen LogP contribution in [-0.4, -0.2) is 11.0 Å². The summed E-state index contributed by atoms with van der Waals surface area (Å²) in [5.74, 6) is -0.977. The minimum absolute atomic E-state index is 0.116. The van der Waals surface area contributed by atoms with Gasteiger partial charge < -0.3 is 5.32 Å². The summed E-state index contributed by atoms with van der Waals surface area (Å²) in [7, 11) is 0. The first-order chi connectivity index (χ1) is 9.25. The molecule has 4 heteroatoms. The average molecular weight is 269 g/mol. The minimum atomic E-state index is -0.707. The third-order valence-electron chi connectivity index (χ3n) is 2.98. The highest BCUT2D eigenvalue weighted by atomic mass is 32.2. The summed E-state index contributed by atoms with van der Waals surface area (Å²) < 4.78 is 0. The molecule has 1 aliphatic rings. The van der Waals surface area contributed by atoms with E-state index in [0.29, 0.717) is 5.69 Å². The second-order valence-corrected chi connectivity index (χ2v) is 5.29. The number of para-hydroxylation sites is 1. The predicted octanol–water partition coefficient (Wildman–Crippen LogP) is 3.04. The summed E-state index contributed by atoms with van der Waals surface area (Å²) in [5.41, 5.74) is 1.50. The summed E-state index contributed by atoms with van der Waals surface area (Å²) in [6.07, 6.45) is 0. The molecular formula is C15H11NO2S. The van der Waals surface area contributed by atoms with Crippen molar-refractivity contribution in [3.05, 3.63) is 60.2 Å². The molecule has 19 heavy (non-hydrogen) atoms. The van der Waals surface area contributed by atoms with Crippen LogP contribution in [-0.2, 0) is 9.59 Å². The number of benzene rings is 2. The number of fused-ring (bicyclic) bond motifs is 1. The second kappa shape index (κ2) is 4.90. The smallest absolute Gasteiger partial charge is 0.240 e. The van der Waals surface area contributed by atoms with Crippen LogP contribution in [0, 0.1) is 0 Å². The molecular weight excluding hydrogens is 258 g/mol. The number of nitrogens with one attached hydrogen (secondary N) is 1. The van der Waals surface area contributed by atoms with Gasteiger partial charge in [-0.1, -0.05) is 48.2 Å². The van der Waals surface area contributed by atoms with Gasteiger partial charge in [-0.3, -0.25) is 9.59 Å². The Morgan fingerprint density at radius 3 is 2.47 bits per heavy atom. The van der Waals surface area contributed by atoms with Gasteiger partial charge in [-0.15, -0.1) is 0 Å². The van der Waals surface area contributed by atoms with Gasteiger partial charge >= 0.3 is 0 Å². The molecule has 0 aromatic heterocycles. The molecule has 2 aromatic carbocycles. The fourth-order valence-electron chi connectivity index (χ4n) is 2.09. The molecule has 1 atom stereocenters. The van der Waals surface area contributed by atoms with Gasteiger partial charge in [-0.05, 0) is 23.8 Å². The van der Waals surface area contributed by atoms with Crippen molar-refractivity contribution in [3.63, 3.8) is 0 Å². The van der Waals surface area contributed by atoms with Crippen LogP contribution in [0.3, 0.4) is 0 Å². The lowest BCUT2D eigenvalue weighted by molar-refractivity contribution is -0.123. The van der Waals surface area contributed by atoms with Crippen LogP contribution in [0.25, 0.3) is 0 Å². The van der Waals surface area contributed by atoms with Crippen molar-refractivity contribution in [1.82, 2.24) is 0 Å². The number of thioether (sulfide) groups is 1. The Labute approximate surface area is 115 Å². The SMILES string of the molecule is O=C(Nc1ccccc1)C1C(=O)Sc2ccccc21. The van der Waals surface area contributed by atoms with Crippen molar-refractivity contribution in [2.75, 3.05) is 5.32 Å². The summed E-state index contributed by atoms with van der Waals surface area (Å²) in [5, 5.41) is 2.67. The highest BCUT2D eigenvalue weighted by molar-refractivity contribution is 8.14. The van der Waals surface area contributed by atoms with Crippen LogP contribution in [0.4, 0.5) is 5.69 Å². The van der Waals surface area contributed by atoms with Gasteiger partial charge in [0.05, 0.1) is 0 Å². The van der Waals surface area contributed by atoms with Gasteiger partial charge in [0.2, 0.25) is 11.0 Å². The molecule has 1 heterocycles. The fraction of sp³-hybridized carbons (Fsp3) is 0.0667. The molecule has 0 spiro atoms. The summed E-state index contributed by atoms with van der Waals surface area (Å²) in [6.45, 7) is 0. The monoisotopic (exact) mass is 269 g/mol. The van der Waals surface area contributed by atoms with E-state index in [2.05, 4.69) is 5.32 Å². The normalized spacial score (nSPS) is 17.1. The number of hydrogen-bond acceptors (Lipinski definition) is 3. The van der Waals surface area contributed by atoms with Crippen molar-refractivity contribution in [2.24, 2.45) is 0 Å². The van der Waals surface area contributed by atoms with Crippen LogP contribution in [0.2, 0.25) is 0 Å². The molecule has 1 N–H and O–H groups in total. The fourth-order valence-corrected chi connectivity index (χ4v) is 3.11. The Morgan fingerprint density at radius 1 is 1.00 bits per heavy atom. The molecule has 2 aromatic rings. The summed E-state index contributed by atoms with van der Waals surface area (Å²) in [6, 6.07) is 16.6. The van der Waals surface area contributed by atoms with Crippen LogP contribution >= 0.6 is 11.8 Å². The first kappa shape index (κ1) is 12.0. The number of hydrogen-bond donors (Lipinski definition) is 1. The van der Waals surface area contributed by atoms with Gasteiger partial charge in [0.25, 0.3) is 0 Å². The van der Waals surface area contributed by atoms with E-state index in [1.54, 1.807) is 12.1 Å². The maximum absolute atomic E-state index is 12.2. The molecule has 94 valence electrons. The van der Waals surface area contributed by atoms with E-state index in [-0.39, 0.29) is 11.0 Å². The Balaban J connectivity index is 1.86. The Bertz CT molecular complexity index is 640. The molecule has 1 unspecified atom stereocenters. The Hall–Kier alpha value is -2.07. The molecule has 1 aliphatic heterocycles. The Morgan fingerprint density at radius 2 is 1.68 bits per heavy atom. The third kappa shape index (κ3) is 2.27. The highest BCUT2D eigenvalue weighted by Crippen LogP contribution is 2.41. The molecule has 0 aliphatic carbocycles. The number of amides is 1. The van der Waals surface area contributed by atoms with Crippen LogP contribution in [0.15, 0.2) is 59.5 Å². The van der Waals surface area contributed by atoms with E-state index in [4.69, 9.17) is 0 Å². The van der Waals surface area contributed by atoms with E-state index in [1.807, 2.05) is 42.5 Å². The van der Waals surface area contributed by atoms with Gasteiger partial charge in [-0.2, -0.15) is 0 Å². The quantitative estimate of drug-likeness (QED) is 0.852. The minimum Gasteiger partial charge on any atom is -0.325 e. The topological polar surface area (TPSA) is 46.2 Å². The van der Waals surface area contributed by atoms with Crippen LogP contribution in [0.5, 0.6) is 0 Å². The molecule has 0 bridgehead atoms. The molecule has 0 saturated heterocycles. The van der Waals surface area contributed by atoms with E-state index < -0.39 is 5.92 Å². The maximum Gasteiger partial charge on any atom is 0.240 e. The lowest BCUT2D eigenvalue weighted by atomic mass is 10.00. The van der Waals surface area contributed by atoms with Crippen molar-refractivity contribution < 1.29 is 9.59 Å². The van der Waals surface area contributed by atoms with Gasteiger partial charge in [0.15, 0.2) is 0 Å². The van der Waals surface area contributed by atoms with E-state index >= 15 is 0 Å². The van der Waals surface area contributed by atoms with Gasteiger partial charge in [0, 0.05) is 10.6 Å². The molecule has 0 radical (unpaired) electrons. The van der Waals surface area contributed by atoms with Crippen molar-refractivity contribution >= 4 is 28.5 Å². The lowest BCUT2D eigenvalue weighted by Gasteiger charge is -2.10. The zero-order valence-electron chi connectivity index (χ0n) is 10.00. The van der Waals surface area contributed by atoms with Crippen molar-refractivity contribution in [3.8, 4) is 0 Å². The van der Waals surface area contributed by atoms with Crippen LogP contribution in [0.1, 0.15) is 11.5 Å². The van der Waals surface area contributed by atoms with Gasteiger partial charge in [0.1, 0.15) is 5.92 Å². The lowest BCUT2D eigenvalue weighted by Crippen LogP contribution is -2.23. The predicted molar refractivity (Wildman–Crippen MR) is 75.1 cm³/mol. The van der Waals surface area contributed by atoms with Gasteiger partial charge in [-0.25, -0.2) is 0 Å². The van der Waals surface area contributed by atoms with Crippen molar-refractivity contribution in [1.29, 1.82) is 0 Å². The maximum atomic E-state index is 12.2. The first-order valence-corrected chi connectivity index (χ1v) is 6.74. The number of carbonyl (C=O) groups is 2. The molecule has 0 saturated carbocycles. The van der Waals surface area contributed by atoms with E-state index in [1.165, 1.54) is 0 Å². The molecule has 0 fully saturated rings. The average Bonchev–Trinajstić information content (AvgIpc) is 2.75. The molecule has 1 amide bonds. The highest BCUT2D eigenvalue weighted by Gasteiger charge is 2.36. The first-order valence-electron chi connectivity index (χ1n) is 5.92. The standard InChI is InChI=1S/C15H11NO2S/c17-14(16-10-6-2-1-3-7-10)13-11-8-4-5-9-12(11)19-15(13)18/h1-9,13H,(H,16,17). The number of anilines is 1.